The molecule has 6 heteroatoms. The van der Waals surface area contributed by atoms with Crippen molar-refractivity contribution in [2.75, 3.05) is 0 Å². The van der Waals surface area contributed by atoms with Crippen molar-refractivity contribution in [2.45, 2.75) is 64.6 Å². The summed E-state index contributed by atoms with van der Waals surface area (Å²) in [5.41, 5.74) is -0.839. The van der Waals surface area contributed by atoms with E-state index in [1.54, 1.807) is 0 Å². The minimum absolute atomic E-state index is 0.184. The van der Waals surface area contributed by atoms with E-state index < -0.39 is 11.2 Å². The fourth-order valence-electron chi connectivity index (χ4n) is 2.78. The molecule has 1 aromatic rings. The Bertz CT molecular complexity index is 597. The van der Waals surface area contributed by atoms with Crippen molar-refractivity contribution >= 4 is 5.91 Å². The Labute approximate surface area is 123 Å². The van der Waals surface area contributed by atoms with Gasteiger partial charge in [0.1, 0.15) is 6.54 Å². The molecule has 1 N–H and O–H groups in total. The number of hydrogen-bond donors (Lipinski definition) is 1. The largest absolute Gasteiger partial charge is 0.352 e. The smallest absolute Gasteiger partial charge is 0.331 e. The number of amides is 1. The van der Waals surface area contributed by atoms with Crippen LogP contribution < -0.4 is 16.6 Å². The van der Waals surface area contributed by atoms with Gasteiger partial charge in [0.05, 0.1) is 0 Å². The summed E-state index contributed by atoms with van der Waals surface area (Å²) < 4.78 is 2.48. The summed E-state index contributed by atoms with van der Waals surface area (Å²) in [6.07, 6.45) is 7.71. The number of carbonyl (C=O) groups is 1. The molecule has 0 spiro atoms. The number of nitrogens with zero attached hydrogens (tertiary/aromatic N) is 2. The third-order valence-corrected chi connectivity index (χ3v) is 3.88. The van der Waals surface area contributed by atoms with Crippen LogP contribution in [0.15, 0.2) is 21.9 Å². The molecule has 0 unspecified atom stereocenters. The second-order valence-electron chi connectivity index (χ2n) is 5.62. The van der Waals surface area contributed by atoms with Crippen LogP contribution in [0.3, 0.4) is 0 Å². The van der Waals surface area contributed by atoms with Gasteiger partial charge in [0, 0.05) is 24.8 Å². The van der Waals surface area contributed by atoms with E-state index in [9.17, 15) is 14.4 Å². The Balaban J connectivity index is 2.07. The summed E-state index contributed by atoms with van der Waals surface area (Å²) >= 11 is 0. The first-order valence-electron chi connectivity index (χ1n) is 7.71. The molecule has 21 heavy (non-hydrogen) atoms. The molecular formula is C15H23N3O3. The fraction of sp³-hybridized carbons (Fsp3) is 0.667. The molecule has 6 nitrogen and oxygen atoms in total. The van der Waals surface area contributed by atoms with Crippen LogP contribution in [0.5, 0.6) is 0 Å². The molecule has 0 aliphatic heterocycles. The minimum Gasteiger partial charge on any atom is -0.352 e. The predicted octanol–water partition coefficient (Wildman–Crippen LogP) is 0.869. The van der Waals surface area contributed by atoms with Crippen LogP contribution in [0.25, 0.3) is 0 Å². The average Bonchev–Trinajstić information content (AvgIpc) is 2.48. The summed E-state index contributed by atoms with van der Waals surface area (Å²) in [5, 5.41) is 2.93. The Hall–Kier alpha value is -1.85. The zero-order valence-electron chi connectivity index (χ0n) is 12.5. The minimum atomic E-state index is -0.425. The zero-order valence-corrected chi connectivity index (χ0v) is 12.5. The first-order valence-corrected chi connectivity index (χ1v) is 7.71. The quantitative estimate of drug-likeness (QED) is 0.875. The maximum atomic E-state index is 12.2. The number of aromatic nitrogens is 2. The number of rotatable bonds is 5. The third kappa shape index (κ3) is 4.06. The summed E-state index contributed by atoms with van der Waals surface area (Å²) in [6, 6.07) is 1.52. The van der Waals surface area contributed by atoms with E-state index in [0.29, 0.717) is 6.54 Å². The van der Waals surface area contributed by atoms with Gasteiger partial charge >= 0.3 is 5.69 Å². The Morgan fingerprint density at radius 1 is 1.29 bits per heavy atom. The second kappa shape index (κ2) is 7.24. The highest BCUT2D eigenvalue weighted by Crippen LogP contribution is 2.17. The van der Waals surface area contributed by atoms with Gasteiger partial charge in [-0.2, -0.15) is 0 Å². The van der Waals surface area contributed by atoms with Crippen molar-refractivity contribution in [3.05, 3.63) is 33.1 Å². The van der Waals surface area contributed by atoms with Crippen LogP contribution in [0, 0.1) is 0 Å². The maximum Gasteiger partial charge on any atom is 0.331 e. The summed E-state index contributed by atoms with van der Waals surface area (Å²) in [5.74, 6) is -0.254. The first kappa shape index (κ1) is 15.5. The van der Waals surface area contributed by atoms with Gasteiger partial charge in [0.15, 0.2) is 0 Å². The van der Waals surface area contributed by atoms with Gasteiger partial charge in [-0.15, -0.1) is 0 Å². The molecular weight excluding hydrogens is 270 g/mol. The topological polar surface area (TPSA) is 73.1 Å². The lowest BCUT2D eigenvalue weighted by atomic mass is 9.95. The molecule has 0 bridgehead atoms. The molecule has 1 aliphatic carbocycles. The van der Waals surface area contributed by atoms with Crippen molar-refractivity contribution in [3.63, 3.8) is 0 Å². The fourth-order valence-corrected chi connectivity index (χ4v) is 2.78. The molecule has 1 fully saturated rings. The van der Waals surface area contributed by atoms with Gasteiger partial charge < -0.3 is 9.88 Å². The second-order valence-corrected chi connectivity index (χ2v) is 5.62. The molecule has 0 radical (unpaired) electrons. The van der Waals surface area contributed by atoms with Crippen molar-refractivity contribution in [1.82, 2.24) is 14.5 Å². The van der Waals surface area contributed by atoms with Gasteiger partial charge in [-0.3, -0.25) is 14.2 Å². The number of aryl methyl sites for hydroxylation is 1. The molecule has 0 aromatic carbocycles. The van der Waals surface area contributed by atoms with Gasteiger partial charge in [0.2, 0.25) is 5.91 Å². The van der Waals surface area contributed by atoms with Crippen LogP contribution >= 0.6 is 0 Å². The van der Waals surface area contributed by atoms with Gasteiger partial charge in [-0.25, -0.2) is 4.79 Å². The third-order valence-electron chi connectivity index (χ3n) is 3.88. The molecule has 0 atom stereocenters. The molecule has 1 aromatic heterocycles. The monoisotopic (exact) mass is 293 g/mol. The first-order chi connectivity index (χ1) is 10.1. The Kier molecular flexibility index (Phi) is 5.36. The van der Waals surface area contributed by atoms with E-state index >= 15 is 0 Å². The van der Waals surface area contributed by atoms with E-state index in [-0.39, 0.29) is 18.5 Å². The Morgan fingerprint density at radius 2 is 2.00 bits per heavy atom. The molecule has 116 valence electrons. The molecule has 1 heterocycles. The van der Waals surface area contributed by atoms with Gasteiger partial charge in [0.25, 0.3) is 5.56 Å². The average molecular weight is 293 g/mol. The van der Waals surface area contributed by atoms with Crippen molar-refractivity contribution in [3.8, 4) is 0 Å². The van der Waals surface area contributed by atoms with E-state index in [4.69, 9.17) is 0 Å². The van der Waals surface area contributed by atoms with Crippen LogP contribution in [-0.2, 0) is 17.9 Å². The lowest BCUT2D eigenvalue weighted by Gasteiger charge is -2.22. The molecule has 2 rings (SSSR count). The van der Waals surface area contributed by atoms with Crippen LogP contribution in [0.2, 0.25) is 0 Å². The van der Waals surface area contributed by atoms with Gasteiger partial charge in [-0.05, 0) is 19.3 Å². The van der Waals surface area contributed by atoms with Crippen molar-refractivity contribution < 1.29 is 4.79 Å². The van der Waals surface area contributed by atoms with Gasteiger partial charge in [-0.1, -0.05) is 26.2 Å². The number of carbonyl (C=O) groups excluding carboxylic acids is 1. The van der Waals surface area contributed by atoms with E-state index in [1.165, 1.54) is 23.3 Å². The van der Waals surface area contributed by atoms with E-state index in [1.807, 2.05) is 6.92 Å². The van der Waals surface area contributed by atoms with Crippen LogP contribution in [0.4, 0.5) is 0 Å². The van der Waals surface area contributed by atoms with E-state index in [0.717, 1.165) is 36.7 Å². The number of nitrogens with one attached hydrogen (secondary N) is 1. The summed E-state index contributed by atoms with van der Waals surface area (Å²) in [7, 11) is 0. The molecule has 1 saturated carbocycles. The summed E-state index contributed by atoms with van der Waals surface area (Å²) in [4.78, 5) is 36.0. The highest BCUT2D eigenvalue weighted by molar-refractivity contribution is 5.76. The Morgan fingerprint density at radius 3 is 2.67 bits per heavy atom. The maximum absolute atomic E-state index is 12.2. The normalized spacial score (nSPS) is 15.9. The molecule has 1 aliphatic rings. The molecule has 1 amide bonds. The highest BCUT2D eigenvalue weighted by Gasteiger charge is 2.17. The standard InChI is InChI=1S/C15H23N3O3/c1-2-9-17-10-8-14(20)18(15(17)21)11-13(19)16-12-6-4-3-5-7-12/h8,10,12H,2-7,9,11H2,1H3,(H,16,19). The zero-order chi connectivity index (χ0) is 15.2. The highest BCUT2D eigenvalue weighted by atomic mass is 16.2. The van der Waals surface area contributed by atoms with Crippen LogP contribution in [-0.4, -0.2) is 21.1 Å². The predicted molar refractivity (Wildman–Crippen MR) is 80.3 cm³/mol. The van der Waals surface area contributed by atoms with E-state index in [2.05, 4.69) is 5.32 Å². The summed E-state index contributed by atoms with van der Waals surface area (Å²) in [6.45, 7) is 2.31. The lowest BCUT2D eigenvalue weighted by Crippen LogP contribution is -2.45. The van der Waals surface area contributed by atoms with Crippen LogP contribution in [0.1, 0.15) is 45.4 Å². The van der Waals surface area contributed by atoms with Crippen molar-refractivity contribution in [2.24, 2.45) is 0 Å². The molecule has 0 saturated heterocycles. The lowest BCUT2D eigenvalue weighted by molar-refractivity contribution is -0.122. The number of hydrogen-bond acceptors (Lipinski definition) is 3. The SMILES string of the molecule is CCCn1ccc(=O)n(CC(=O)NC2CCCCC2)c1=O. The van der Waals surface area contributed by atoms with Crippen molar-refractivity contribution in [1.29, 1.82) is 0 Å².